The molecule has 0 atom stereocenters. The van der Waals surface area contributed by atoms with Gasteiger partial charge in [-0.2, -0.15) is 0 Å². The van der Waals surface area contributed by atoms with Gasteiger partial charge in [-0.15, -0.1) is 0 Å². The normalized spacial score (nSPS) is 10.1. The lowest BCUT2D eigenvalue weighted by atomic mass is 10.2. The van der Waals surface area contributed by atoms with Gasteiger partial charge in [-0.25, -0.2) is 9.97 Å². The summed E-state index contributed by atoms with van der Waals surface area (Å²) >= 11 is 11.8. The van der Waals surface area contributed by atoms with Crippen molar-refractivity contribution >= 4 is 29.1 Å². The van der Waals surface area contributed by atoms with Crippen molar-refractivity contribution in [2.75, 3.05) is 0 Å². The molecule has 92 valence electrons. The monoisotopic (exact) mass is 281 g/mol. The molecule has 1 amide bonds. The van der Waals surface area contributed by atoms with E-state index in [1.54, 1.807) is 18.2 Å². The first-order chi connectivity index (χ1) is 8.66. The van der Waals surface area contributed by atoms with E-state index in [0.717, 1.165) is 5.56 Å². The number of carbonyl (C=O) groups excluding carboxylic acids is 1. The Bertz CT molecular complexity index is 561. The number of hydrogen-bond donors (Lipinski definition) is 1. The summed E-state index contributed by atoms with van der Waals surface area (Å²) in [5, 5.41) is 3.86. The number of aromatic nitrogens is 2. The molecule has 1 heterocycles. The molecule has 0 unspecified atom stereocenters. The molecule has 6 heteroatoms. The first-order valence-corrected chi connectivity index (χ1v) is 5.89. The molecule has 2 rings (SSSR count). The maximum absolute atomic E-state index is 11.7. The predicted octanol–water partition coefficient (Wildman–Crippen LogP) is 2.71. The van der Waals surface area contributed by atoms with Crippen LogP contribution in [0.15, 0.2) is 36.9 Å². The molecule has 0 bridgehead atoms. The summed E-state index contributed by atoms with van der Waals surface area (Å²) < 4.78 is 0. The zero-order valence-corrected chi connectivity index (χ0v) is 10.7. The van der Waals surface area contributed by atoms with Crippen LogP contribution in [0.4, 0.5) is 0 Å². The molecule has 0 saturated heterocycles. The van der Waals surface area contributed by atoms with E-state index in [-0.39, 0.29) is 5.91 Å². The molecule has 0 spiro atoms. The molecule has 4 nitrogen and oxygen atoms in total. The molecule has 1 aromatic carbocycles. The van der Waals surface area contributed by atoms with Gasteiger partial charge in [0.25, 0.3) is 5.91 Å². The van der Waals surface area contributed by atoms with Crippen LogP contribution >= 0.6 is 23.2 Å². The van der Waals surface area contributed by atoms with E-state index in [9.17, 15) is 4.79 Å². The van der Waals surface area contributed by atoms with Crippen LogP contribution in [0.3, 0.4) is 0 Å². The van der Waals surface area contributed by atoms with E-state index in [2.05, 4.69) is 15.3 Å². The molecule has 0 fully saturated rings. The number of nitrogens with zero attached hydrogens (tertiary/aromatic N) is 2. The maximum Gasteiger partial charge on any atom is 0.254 e. The Hall–Kier alpha value is -1.65. The van der Waals surface area contributed by atoms with Gasteiger partial charge in [-0.05, 0) is 23.8 Å². The van der Waals surface area contributed by atoms with E-state index >= 15 is 0 Å². The molecule has 1 N–H and O–H groups in total. The van der Waals surface area contributed by atoms with Gasteiger partial charge in [0.05, 0.1) is 5.56 Å². The molecule has 0 aliphatic carbocycles. The van der Waals surface area contributed by atoms with E-state index in [0.29, 0.717) is 22.2 Å². The van der Waals surface area contributed by atoms with Crippen LogP contribution in [0.5, 0.6) is 0 Å². The second kappa shape index (κ2) is 5.80. The number of halogens is 2. The van der Waals surface area contributed by atoms with Crippen LogP contribution in [0, 0.1) is 0 Å². The fraction of sp³-hybridized carbons (Fsp3) is 0.0833. The number of carbonyl (C=O) groups is 1. The molecular weight excluding hydrogens is 273 g/mol. The Balaban J connectivity index is 2.04. The van der Waals surface area contributed by atoms with Gasteiger partial charge in [0.15, 0.2) is 0 Å². The van der Waals surface area contributed by atoms with Crippen LogP contribution < -0.4 is 5.32 Å². The van der Waals surface area contributed by atoms with Crippen molar-refractivity contribution in [1.29, 1.82) is 0 Å². The average Bonchev–Trinajstić information content (AvgIpc) is 2.40. The van der Waals surface area contributed by atoms with Gasteiger partial charge in [0.2, 0.25) is 0 Å². The second-order valence-corrected chi connectivity index (χ2v) is 4.39. The van der Waals surface area contributed by atoms with E-state index in [4.69, 9.17) is 23.2 Å². The van der Waals surface area contributed by atoms with Crippen LogP contribution in [0.25, 0.3) is 0 Å². The average molecular weight is 282 g/mol. The summed E-state index contributed by atoms with van der Waals surface area (Å²) in [7, 11) is 0. The number of nitrogens with one attached hydrogen (secondary N) is 1. The highest BCUT2D eigenvalue weighted by molar-refractivity contribution is 6.33. The van der Waals surface area contributed by atoms with E-state index < -0.39 is 0 Å². The lowest BCUT2D eigenvalue weighted by molar-refractivity contribution is 0.0950. The van der Waals surface area contributed by atoms with Gasteiger partial charge in [0, 0.05) is 29.0 Å². The molecule has 0 radical (unpaired) electrons. The summed E-state index contributed by atoms with van der Waals surface area (Å²) in [5.41, 5.74) is 1.16. The molecule has 0 saturated carbocycles. The largest absolute Gasteiger partial charge is 0.348 e. The zero-order chi connectivity index (χ0) is 13.0. The first kappa shape index (κ1) is 12.8. The quantitative estimate of drug-likeness (QED) is 0.941. The van der Waals surface area contributed by atoms with Gasteiger partial charge in [-0.1, -0.05) is 23.2 Å². The molecule has 0 aliphatic heterocycles. The fourth-order valence-corrected chi connectivity index (χ4v) is 1.75. The summed E-state index contributed by atoms with van der Waals surface area (Å²) in [5.74, 6) is -0.258. The minimum absolute atomic E-state index is 0.258. The van der Waals surface area contributed by atoms with Crippen LogP contribution in [0.2, 0.25) is 10.0 Å². The van der Waals surface area contributed by atoms with Crippen LogP contribution in [0.1, 0.15) is 15.9 Å². The minimum atomic E-state index is -0.258. The summed E-state index contributed by atoms with van der Waals surface area (Å²) in [6, 6.07) is 5.10. The Kier molecular flexibility index (Phi) is 4.12. The Morgan fingerprint density at radius 3 is 2.67 bits per heavy atom. The Labute approximate surface area is 114 Å². The zero-order valence-electron chi connectivity index (χ0n) is 9.23. The molecule has 18 heavy (non-hydrogen) atoms. The lowest BCUT2D eigenvalue weighted by Gasteiger charge is -2.07. The number of amides is 1. The number of rotatable bonds is 3. The SMILES string of the molecule is O=C(NCc1cc(Cl)ccc1Cl)c1cncnc1. The van der Waals surface area contributed by atoms with E-state index in [1.807, 2.05) is 0 Å². The van der Waals surface area contributed by atoms with Crippen molar-refractivity contribution in [3.63, 3.8) is 0 Å². The topological polar surface area (TPSA) is 54.9 Å². The van der Waals surface area contributed by atoms with Crippen molar-refractivity contribution < 1.29 is 4.79 Å². The van der Waals surface area contributed by atoms with Crippen molar-refractivity contribution in [1.82, 2.24) is 15.3 Å². The van der Waals surface area contributed by atoms with Gasteiger partial charge in [-0.3, -0.25) is 4.79 Å². The summed E-state index contributed by atoms with van der Waals surface area (Å²) in [4.78, 5) is 19.3. The molecule has 1 aromatic heterocycles. The maximum atomic E-state index is 11.7. The summed E-state index contributed by atoms with van der Waals surface area (Å²) in [6.07, 6.45) is 4.26. The highest BCUT2D eigenvalue weighted by Gasteiger charge is 2.07. The highest BCUT2D eigenvalue weighted by atomic mass is 35.5. The van der Waals surface area contributed by atoms with Gasteiger partial charge in [0.1, 0.15) is 6.33 Å². The van der Waals surface area contributed by atoms with Gasteiger partial charge < -0.3 is 5.32 Å². The summed E-state index contributed by atoms with van der Waals surface area (Å²) in [6.45, 7) is 0.299. The smallest absolute Gasteiger partial charge is 0.254 e. The van der Waals surface area contributed by atoms with E-state index in [1.165, 1.54) is 18.7 Å². The third kappa shape index (κ3) is 3.18. The molecular formula is C12H9Cl2N3O. The van der Waals surface area contributed by atoms with Crippen molar-refractivity contribution in [2.45, 2.75) is 6.54 Å². The third-order valence-electron chi connectivity index (χ3n) is 2.27. The minimum Gasteiger partial charge on any atom is -0.348 e. The first-order valence-electron chi connectivity index (χ1n) is 5.14. The molecule has 0 aliphatic rings. The van der Waals surface area contributed by atoms with Crippen LogP contribution in [-0.2, 0) is 6.54 Å². The van der Waals surface area contributed by atoms with Crippen LogP contribution in [-0.4, -0.2) is 15.9 Å². The Morgan fingerprint density at radius 2 is 1.94 bits per heavy atom. The predicted molar refractivity (Wildman–Crippen MR) is 69.7 cm³/mol. The van der Waals surface area contributed by atoms with Crippen molar-refractivity contribution in [3.05, 3.63) is 58.1 Å². The number of hydrogen-bond acceptors (Lipinski definition) is 3. The second-order valence-electron chi connectivity index (χ2n) is 3.55. The fourth-order valence-electron chi connectivity index (χ4n) is 1.37. The number of benzene rings is 1. The van der Waals surface area contributed by atoms with Crippen molar-refractivity contribution in [2.24, 2.45) is 0 Å². The molecule has 2 aromatic rings. The third-order valence-corrected chi connectivity index (χ3v) is 2.87. The standard InChI is InChI=1S/C12H9Cl2N3O/c13-10-1-2-11(14)8(3-10)6-17-12(18)9-4-15-7-16-5-9/h1-5,7H,6H2,(H,17,18). The highest BCUT2D eigenvalue weighted by Crippen LogP contribution is 2.20. The van der Waals surface area contributed by atoms with Gasteiger partial charge >= 0.3 is 0 Å². The Morgan fingerprint density at radius 1 is 1.22 bits per heavy atom. The lowest BCUT2D eigenvalue weighted by Crippen LogP contribution is -2.23. The van der Waals surface area contributed by atoms with Crippen molar-refractivity contribution in [3.8, 4) is 0 Å².